The number of hydrogen-bond donors (Lipinski definition) is 0. The van der Waals surface area contributed by atoms with Crippen LogP contribution in [-0.2, 0) is 0 Å². The highest BCUT2D eigenvalue weighted by Crippen LogP contribution is 2.38. The first kappa shape index (κ1) is 25.0. The third kappa shape index (κ3) is 4.70. The molecule has 6 heteroatoms. The van der Waals surface area contributed by atoms with Crippen molar-refractivity contribution < 1.29 is 4.39 Å². The zero-order chi connectivity index (χ0) is 25.6. The number of pyridine rings is 1. The van der Waals surface area contributed by atoms with Crippen molar-refractivity contribution in [2.24, 2.45) is 0 Å². The fraction of sp³-hybridized carbons (Fsp3) is 0.300. The molecule has 3 aromatic carbocycles. The van der Waals surface area contributed by atoms with Gasteiger partial charge in [0.15, 0.2) is 0 Å². The van der Waals surface area contributed by atoms with Crippen LogP contribution in [0.25, 0.3) is 27.7 Å². The first-order valence-corrected chi connectivity index (χ1v) is 13.0. The van der Waals surface area contributed by atoms with Crippen LogP contribution in [0.4, 0.5) is 4.39 Å². The van der Waals surface area contributed by atoms with Gasteiger partial charge in [-0.05, 0) is 106 Å². The van der Waals surface area contributed by atoms with E-state index >= 15 is 0 Å². The van der Waals surface area contributed by atoms with E-state index in [0.717, 1.165) is 53.5 Å². The summed E-state index contributed by atoms with van der Waals surface area (Å²) in [7, 11) is 0. The number of rotatable bonds is 3. The number of likely N-dealkylation sites (tertiary alicyclic amines) is 1. The molecule has 0 saturated carbocycles. The zero-order valence-electron chi connectivity index (χ0n) is 20.7. The van der Waals surface area contributed by atoms with Crippen molar-refractivity contribution in [3.05, 3.63) is 98.5 Å². The summed E-state index contributed by atoms with van der Waals surface area (Å²) in [5, 5.41) is 1.70. The smallest absolute Gasteiger partial charge is 0.255 e. The van der Waals surface area contributed by atoms with Crippen LogP contribution < -0.4 is 5.56 Å². The summed E-state index contributed by atoms with van der Waals surface area (Å²) < 4.78 is 15.4. The number of aromatic nitrogens is 1. The first-order valence-electron chi connectivity index (χ1n) is 12.3. The van der Waals surface area contributed by atoms with Gasteiger partial charge in [-0.2, -0.15) is 0 Å². The van der Waals surface area contributed by atoms with E-state index in [1.165, 1.54) is 18.2 Å². The van der Waals surface area contributed by atoms with Gasteiger partial charge in [-0.25, -0.2) is 4.39 Å². The lowest BCUT2D eigenvalue weighted by molar-refractivity contribution is 0.102. The highest BCUT2D eigenvalue weighted by Gasteiger charge is 2.28. The van der Waals surface area contributed by atoms with Gasteiger partial charge in [0, 0.05) is 17.0 Å². The molecule has 0 amide bonds. The Morgan fingerprint density at radius 3 is 2.14 bits per heavy atom. The van der Waals surface area contributed by atoms with Gasteiger partial charge in [-0.1, -0.05) is 47.5 Å². The molecule has 1 aliphatic rings. The van der Waals surface area contributed by atoms with Crippen molar-refractivity contribution >= 4 is 34.1 Å². The minimum absolute atomic E-state index is 0.134. The molecule has 0 bridgehead atoms. The van der Waals surface area contributed by atoms with Gasteiger partial charge in [-0.15, -0.1) is 0 Å². The predicted molar refractivity (Wildman–Crippen MR) is 148 cm³/mol. The lowest BCUT2D eigenvalue weighted by atomic mass is 9.85. The van der Waals surface area contributed by atoms with Crippen molar-refractivity contribution in [2.45, 2.75) is 45.1 Å². The second kappa shape index (κ2) is 9.66. The summed E-state index contributed by atoms with van der Waals surface area (Å²) in [6.07, 6.45) is 2.05. The molecular weight excluding hydrogens is 494 g/mol. The average Bonchev–Trinajstić information content (AvgIpc) is 2.84. The van der Waals surface area contributed by atoms with E-state index < -0.39 is 0 Å². The van der Waals surface area contributed by atoms with Crippen molar-refractivity contribution in [3.63, 3.8) is 0 Å². The van der Waals surface area contributed by atoms with Crippen LogP contribution in [0.1, 0.15) is 45.1 Å². The third-order valence-corrected chi connectivity index (χ3v) is 7.88. The number of fused-ring (bicyclic) bond motifs is 1. The predicted octanol–water partition coefficient (Wildman–Crippen LogP) is 8.08. The fourth-order valence-electron chi connectivity index (χ4n) is 5.29. The first-order chi connectivity index (χ1) is 17.1. The molecule has 2 heterocycles. The van der Waals surface area contributed by atoms with Crippen molar-refractivity contribution in [2.75, 3.05) is 13.1 Å². The van der Waals surface area contributed by atoms with E-state index in [1.54, 1.807) is 34.9 Å². The topological polar surface area (TPSA) is 25.2 Å². The molecule has 1 fully saturated rings. The van der Waals surface area contributed by atoms with Crippen molar-refractivity contribution in [3.8, 4) is 16.8 Å². The largest absolute Gasteiger partial charge is 0.298 e. The van der Waals surface area contributed by atoms with E-state index in [0.29, 0.717) is 21.7 Å². The molecule has 1 saturated heterocycles. The molecule has 1 aromatic heterocycles. The monoisotopic (exact) mass is 522 g/mol. The van der Waals surface area contributed by atoms with Crippen LogP contribution in [0.15, 0.2) is 71.5 Å². The molecule has 0 atom stereocenters. The summed E-state index contributed by atoms with van der Waals surface area (Å²) in [4.78, 5) is 15.8. The van der Waals surface area contributed by atoms with Crippen LogP contribution in [-0.4, -0.2) is 28.1 Å². The average molecular weight is 523 g/mol. The van der Waals surface area contributed by atoms with Crippen molar-refractivity contribution in [1.82, 2.24) is 9.47 Å². The Balaban J connectivity index is 1.74. The minimum atomic E-state index is -0.284. The standard InChI is InChI=1S/C30H29Cl2FN2O/c1-30(2,3)34-15-13-19(14-16-34)21-17-24(20-7-9-22(33)10-8-20)23-11-12-28(36)35(27(23)18-21)29-25(31)5-4-6-26(29)32/h4-12,17-19H,13-16H2,1-3H3. The molecule has 0 spiro atoms. The maximum atomic E-state index is 13.8. The van der Waals surface area contributed by atoms with Gasteiger partial charge in [0.25, 0.3) is 5.56 Å². The lowest BCUT2D eigenvalue weighted by Gasteiger charge is -2.41. The van der Waals surface area contributed by atoms with Gasteiger partial charge in [0.2, 0.25) is 0 Å². The third-order valence-electron chi connectivity index (χ3n) is 7.27. The van der Waals surface area contributed by atoms with Gasteiger partial charge >= 0.3 is 0 Å². The van der Waals surface area contributed by atoms with Crippen LogP contribution in [0.2, 0.25) is 10.0 Å². The fourth-order valence-corrected chi connectivity index (χ4v) is 5.86. The van der Waals surface area contributed by atoms with Gasteiger partial charge < -0.3 is 0 Å². The molecule has 4 aromatic rings. The summed E-state index contributed by atoms with van der Waals surface area (Å²) in [6.45, 7) is 8.78. The lowest BCUT2D eigenvalue weighted by Crippen LogP contribution is -2.45. The second-order valence-electron chi connectivity index (χ2n) is 10.5. The van der Waals surface area contributed by atoms with E-state index in [4.69, 9.17) is 23.2 Å². The zero-order valence-corrected chi connectivity index (χ0v) is 22.2. The Hall–Kier alpha value is -2.66. The Morgan fingerprint density at radius 1 is 0.889 bits per heavy atom. The SMILES string of the molecule is CC(C)(C)N1CCC(c2cc(-c3ccc(F)cc3)c3ccc(=O)n(-c4c(Cl)cccc4Cl)c3c2)CC1. The van der Waals surface area contributed by atoms with Crippen molar-refractivity contribution in [1.29, 1.82) is 0 Å². The Morgan fingerprint density at radius 2 is 1.53 bits per heavy atom. The molecule has 3 nitrogen and oxygen atoms in total. The Bertz CT molecular complexity index is 1460. The number of hydrogen-bond acceptors (Lipinski definition) is 2. The Labute approximate surface area is 221 Å². The van der Waals surface area contributed by atoms with Crippen LogP contribution in [0.5, 0.6) is 0 Å². The molecule has 186 valence electrons. The maximum absolute atomic E-state index is 13.8. The highest BCUT2D eigenvalue weighted by atomic mass is 35.5. The molecule has 0 N–H and O–H groups in total. The summed E-state index contributed by atoms with van der Waals surface area (Å²) in [6, 6.07) is 19.4. The molecule has 0 aliphatic carbocycles. The Kier molecular flexibility index (Phi) is 6.71. The number of nitrogens with zero attached hydrogens (tertiary/aromatic N) is 2. The minimum Gasteiger partial charge on any atom is -0.298 e. The number of benzene rings is 3. The second-order valence-corrected chi connectivity index (χ2v) is 11.3. The number of piperidine rings is 1. The van der Waals surface area contributed by atoms with E-state index in [2.05, 4.69) is 37.8 Å². The molecule has 0 radical (unpaired) electrons. The number of para-hydroxylation sites is 1. The molecule has 1 aliphatic heterocycles. The van der Waals surface area contributed by atoms with Gasteiger partial charge in [-0.3, -0.25) is 14.3 Å². The van der Waals surface area contributed by atoms with Crippen LogP contribution in [0, 0.1) is 5.82 Å². The molecular formula is C30H29Cl2FN2O. The van der Waals surface area contributed by atoms with E-state index in [9.17, 15) is 9.18 Å². The molecule has 0 unspecified atom stereocenters. The summed E-state index contributed by atoms with van der Waals surface area (Å²) in [5.74, 6) is 0.0613. The summed E-state index contributed by atoms with van der Waals surface area (Å²) >= 11 is 13.1. The molecule has 36 heavy (non-hydrogen) atoms. The van der Waals surface area contributed by atoms with E-state index in [1.807, 2.05) is 6.07 Å². The van der Waals surface area contributed by atoms with Crippen LogP contribution in [0.3, 0.4) is 0 Å². The van der Waals surface area contributed by atoms with Gasteiger partial charge in [0.1, 0.15) is 5.82 Å². The maximum Gasteiger partial charge on any atom is 0.255 e. The highest BCUT2D eigenvalue weighted by molar-refractivity contribution is 6.37. The summed E-state index contributed by atoms with van der Waals surface area (Å²) in [5.41, 5.74) is 4.16. The van der Waals surface area contributed by atoms with E-state index in [-0.39, 0.29) is 16.9 Å². The molecule has 5 rings (SSSR count). The normalized spacial score (nSPS) is 15.5. The number of halogens is 3. The quantitative estimate of drug-likeness (QED) is 0.271. The van der Waals surface area contributed by atoms with Gasteiger partial charge in [0.05, 0.1) is 21.2 Å². The van der Waals surface area contributed by atoms with Crippen LogP contribution >= 0.6 is 23.2 Å².